The van der Waals surface area contributed by atoms with Gasteiger partial charge in [0.25, 0.3) is 0 Å². The summed E-state index contributed by atoms with van der Waals surface area (Å²) in [5.41, 5.74) is 1.11. The molecular weight excluding hydrogens is 304 g/mol. The Morgan fingerprint density at radius 1 is 1.24 bits per heavy atom. The molecule has 2 N–H and O–H groups in total. The third-order valence-electron chi connectivity index (χ3n) is 3.28. The van der Waals surface area contributed by atoms with Crippen molar-refractivity contribution in [2.45, 2.75) is 32.5 Å². The first-order valence-corrected chi connectivity index (χ1v) is 8.13. The normalized spacial score (nSPS) is 13.7. The number of hydrogen-bond acceptors (Lipinski definition) is 3. The van der Waals surface area contributed by atoms with Crippen LogP contribution < -0.4 is 10.6 Å². The van der Waals surface area contributed by atoms with Crippen molar-refractivity contribution < 1.29 is 4.79 Å². The molecule has 2 rings (SSSR count). The van der Waals surface area contributed by atoms with Crippen molar-refractivity contribution in [2.24, 2.45) is 0 Å². The van der Waals surface area contributed by atoms with Gasteiger partial charge >= 0.3 is 0 Å². The summed E-state index contributed by atoms with van der Waals surface area (Å²) in [5.74, 6) is 0.00390. The van der Waals surface area contributed by atoms with E-state index in [1.165, 1.54) is 0 Å². The Morgan fingerprint density at radius 3 is 2.57 bits per heavy atom. The van der Waals surface area contributed by atoms with Crippen molar-refractivity contribution in [1.82, 2.24) is 10.6 Å². The second kappa shape index (κ2) is 7.59. The number of benzene rings is 1. The molecule has 1 aromatic heterocycles. The van der Waals surface area contributed by atoms with E-state index in [1.807, 2.05) is 55.6 Å². The maximum atomic E-state index is 12.1. The molecule has 3 nitrogen and oxygen atoms in total. The lowest BCUT2D eigenvalue weighted by Gasteiger charge is -2.20. The topological polar surface area (TPSA) is 41.1 Å². The Balaban J connectivity index is 1.83. The molecule has 0 unspecified atom stereocenters. The molecule has 0 aliphatic heterocycles. The zero-order valence-electron chi connectivity index (χ0n) is 12.1. The standard InChI is InChI=1S/C16H19ClN2OS/c1-11(13-5-7-14(17)8-6-13)19-12(2)16(20)18-10-15-4-3-9-21-15/h3-9,11-12,19H,10H2,1-2H3,(H,18,20)/t11-,12-/m1/s1. The van der Waals surface area contributed by atoms with E-state index in [1.54, 1.807) is 11.3 Å². The summed E-state index contributed by atoms with van der Waals surface area (Å²) in [4.78, 5) is 13.2. The van der Waals surface area contributed by atoms with E-state index >= 15 is 0 Å². The largest absolute Gasteiger partial charge is 0.350 e. The number of halogens is 1. The average Bonchev–Trinajstić information content (AvgIpc) is 2.98. The maximum absolute atomic E-state index is 12.1. The van der Waals surface area contributed by atoms with E-state index < -0.39 is 0 Å². The van der Waals surface area contributed by atoms with Gasteiger partial charge in [0, 0.05) is 15.9 Å². The van der Waals surface area contributed by atoms with Gasteiger partial charge in [-0.25, -0.2) is 0 Å². The summed E-state index contributed by atoms with van der Waals surface area (Å²) in [7, 11) is 0. The first kappa shape index (κ1) is 16.0. The molecule has 0 saturated heterocycles. The van der Waals surface area contributed by atoms with E-state index in [9.17, 15) is 4.79 Å². The smallest absolute Gasteiger partial charge is 0.237 e. The highest BCUT2D eigenvalue weighted by Gasteiger charge is 2.16. The Kier molecular flexibility index (Phi) is 5.79. The lowest BCUT2D eigenvalue weighted by molar-refractivity contribution is -0.123. The molecule has 0 aliphatic rings. The molecule has 0 fully saturated rings. The Bertz CT molecular complexity index is 568. The molecule has 0 radical (unpaired) electrons. The van der Waals surface area contributed by atoms with Crippen molar-refractivity contribution >= 4 is 28.8 Å². The molecule has 1 heterocycles. The third-order valence-corrected chi connectivity index (χ3v) is 4.41. The Hall–Kier alpha value is -1.36. The third kappa shape index (κ3) is 4.84. The molecule has 2 atom stereocenters. The van der Waals surface area contributed by atoms with Crippen molar-refractivity contribution in [3.8, 4) is 0 Å². The second-order valence-electron chi connectivity index (χ2n) is 4.96. The molecule has 5 heteroatoms. The van der Waals surface area contributed by atoms with Crippen LogP contribution in [0.3, 0.4) is 0 Å². The number of rotatable bonds is 6. The summed E-state index contributed by atoms with van der Waals surface area (Å²) in [5, 5.41) is 8.95. The van der Waals surface area contributed by atoms with Crippen LogP contribution in [-0.2, 0) is 11.3 Å². The minimum absolute atomic E-state index is 0.00390. The number of carbonyl (C=O) groups is 1. The summed E-state index contributed by atoms with van der Waals surface area (Å²) in [6.45, 7) is 4.49. The van der Waals surface area contributed by atoms with Gasteiger partial charge in [-0.1, -0.05) is 29.8 Å². The van der Waals surface area contributed by atoms with E-state index in [-0.39, 0.29) is 18.0 Å². The quantitative estimate of drug-likeness (QED) is 0.850. The molecular formula is C16H19ClN2OS. The highest BCUT2D eigenvalue weighted by atomic mass is 35.5. The number of amides is 1. The van der Waals surface area contributed by atoms with E-state index in [0.29, 0.717) is 11.6 Å². The van der Waals surface area contributed by atoms with Gasteiger partial charge in [0.1, 0.15) is 0 Å². The summed E-state index contributed by atoms with van der Waals surface area (Å²) in [6.07, 6.45) is 0. The van der Waals surface area contributed by atoms with Gasteiger partial charge in [-0.3, -0.25) is 10.1 Å². The van der Waals surface area contributed by atoms with Crippen LogP contribution >= 0.6 is 22.9 Å². The van der Waals surface area contributed by atoms with Crippen LogP contribution in [0.2, 0.25) is 5.02 Å². The van der Waals surface area contributed by atoms with Crippen LogP contribution in [0.15, 0.2) is 41.8 Å². The summed E-state index contributed by atoms with van der Waals surface area (Å²) >= 11 is 7.52. The molecule has 0 aliphatic carbocycles. The lowest BCUT2D eigenvalue weighted by Crippen LogP contribution is -2.42. The van der Waals surface area contributed by atoms with Crippen molar-refractivity contribution in [2.75, 3.05) is 0 Å². The SMILES string of the molecule is C[C@@H](N[C@H](C)c1ccc(Cl)cc1)C(=O)NCc1cccs1. The van der Waals surface area contributed by atoms with Crippen LogP contribution in [0.5, 0.6) is 0 Å². The number of hydrogen-bond donors (Lipinski definition) is 2. The van der Waals surface area contributed by atoms with Gasteiger partial charge < -0.3 is 5.32 Å². The molecule has 2 aromatic rings. The molecule has 0 spiro atoms. The number of nitrogens with one attached hydrogen (secondary N) is 2. The van der Waals surface area contributed by atoms with E-state index in [2.05, 4.69) is 10.6 Å². The summed E-state index contributed by atoms with van der Waals surface area (Å²) < 4.78 is 0. The Morgan fingerprint density at radius 2 is 1.95 bits per heavy atom. The molecule has 0 saturated carbocycles. The van der Waals surface area contributed by atoms with Gasteiger partial charge in [-0.15, -0.1) is 11.3 Å². The highest BCUT2D eigenvalue weighted by molar-refractivity contribution is 7.09. The van der Waals surface area contributed by atoms with Crippen molar-refractivity contribution in [3.63, 3.8) is 0 Å². The first-order chi connectivity index (χ1) is 10.1. The average molecular weight is 323 g/mol. The molecule has 0 bridgehead atoms. The molecule has 1 aromatic carbocycles. The maximum Gasteiger partial charge on any atom is 0.237 e. The van der Waals surface area contributed by atoms with E-state index in [0.717, 1.165) is 10.4 Å². The predicted octanol–water partition coefficient (Wildman–Crippen LogP) is 3.76. The minimum atomic E-state index is -0.254. The van der Waals surface area contributed by atoms with Gasteiger partial charge in [0.2, 0.25) is 5.91 Å². The molecule has 21 heavy (non-hydrogen) atoms. The van der Waals surface area contributed by atoms with Crippen molar-refractivity contribution in [1.29, 1.82) is 0 Å². The van der Waals surface area contributed by atoms with Crippen molar-refractivity contribution in [3.05, 3.63) is 57.2 Å². The van der Waals surface area contributed by atoms with Crippen LogP contribution in [0.4, 0.5) is 0 Å². The second-order valence-corrected chi connectivity index (χ2v) is 6.43. The fourth-order valence-corrected chi connectivity index (χ4v) is 2.81. The van der Waals surface area contributed by atoms with Crippen LogP contribution in [0.25, 0.3) is 0 Å². The highest BCUT2D eigenvalue weighted by Crippen LogP contribution is 2.16. The zero-order chi connectivity index (χ0) is 15.2. The lowest BCUT2D eigenvalue weighted by atomic mass is 10.1. The summed E-state index contributed by atoms with van der Waals surface area (Å²) in [6, 6.07) is 11.5. The fraction of sp³-hybridized carbons (Fsp3) is 0.312. The first-order valence-electron chi connectivity index (χ1n) is 6.88. The molecule has 112 valence electrons. The van der Waals surface area contributed by atoms with Gasteiger partial charge in [-0.05, 0) is 43.0 Å². The van der Waals surface area contributed by atoms with E-state index in [4.69, 9.17) is 11.6 Å². The van der Waals surface area contributed by atoms with Crippen LogP contribution in [0.1, 0.15) is 30.3 Å². The zero-order valence-corrected chi connectivity index (χ0v) is 13.7. The Labute approximate surface area is 134 Å². The molecule has 1 amide bonds. The number of carbonyl (C=O) groups excluding carboxylic acids is 1. The predicted molar refractivity (Wildman–Crippen MR) is 88.6 cm³/mol. The van der Waals surface area contributed by atoms with Crippen LogP contribution in [0, 0.1) is 0 Å². The van der Waals surface area contributed by atoms with Gasteiger partial charge in [0.05, 0.1) is 12.6 Å². The minimum Gasteiger partial charge on any atom is -0.350 e. The van der Waals surface area contributed by atoms with Crippen LogP contribution in [-0.4, -0.2) is 11.9 Å². The monoisotopic (exact) mass is 322 g/mol. The fourth-order valence-electron chi connectivity index (χ4n) is 2.04. The van der Waals surface area contributed by atoms with Gasteiger partial charge in [-0.2, -0.15) is 0 Å². The number of thiophene rings is 1. The van der Waals surface area contributed by atoms with Gasteiger partial charge in [0.15, 0.2) is 0 Å².